The number of fused-ring (bicyclic) bond motifs is 3. The van der Waals surface area contributed by atoms with Crippen LogP contribution >= 0.6 is 27.3 Å². The van der Waals surface area contributed by atoms with Crippen LogP contribution in [0.3, 0.4) is 0 Å². The predicted molar refractivity (Wildman–Crippen MR) is 93.5 cm³/mol. The highest BCUT2D eigenvalue weighted by molar-refractivity contribution is 9.10. The van der Waals surface area contributed by atoms with Crippen LogP contribution in [0, 0.1) is 5.92 Å². The van der Waals surface area contributed by atoms with Gasteiger partial charge in [0.25, 0.3) is 0 Å². The number of benzene rings is 1. The standard InChI is InChI=1S/C17H15BrN2OS/c18-12-4-6-13(7-5-12)20-16(21)10-11-2-1-3-15-14(8-9-22-15)17(11)19-20/h4-9,11H,1-3,10H2. The van der Waals surface area contributed by atoms with E-state index >= 15 is 0 Å². The van der Waals surface area contributed by atoms with Crippen molar-refractivity contribution >= 4 is 44.6 Å². The highest BCUT2D eigenvalue weighted by Crippen LogP contribution is 2.34. The molecule has 0 fully saturated rings. The van der Waals surface area contributed by atoms with Crippen LogP contribution in [0.15, 0.2) is 45.3 Å². The molecule has 112 valence electrons. The van der Waals surface area contributed by atoms with Crippen molar-refractivity contribution in [3.63, 3.8) is 0 Å². The lowest BCUT2D eigenvalue weighted by Crippen LogP contribution is -2.37. The van der Waals surface area contributed by atoms with Crippen LogP contribution in [0.25, 0.3) is 0 Å². The molecule has 5 heteroatoms. The smallest absolute Gasteiger partial charge is 0.248 e. The van der Waals surface area contributed by atoms with Crippen molar-refractivity contribution in [2.24, 2.45) is 11.0 Å². The summed E-state index contributed by atoms with van der Waals surface area (Å²) in [6.07, 6.45) is 3.86. The fourth-order valence-electron chi connectivity index (χ4n) is 3.21. The summed E-state index contributed by atoms with van der Waals surface area (Å²) in [4.78, 5) is 13.9. The summed E-state index contributed by atoms with van der Waals surface area (Å²) >= 11 is 5.23. The summed E-state index contributed by atoms with van der Waals surface area (Å²) in [5.41, 5.74) is 3.18. The number of halogens is 1. The van der Waals surface area contributed by atoms with Crippen LogP contribution in [0.4, 0.5) is 5.69 Å². The quantitative estimate of drug-likeness (QED) is 0.717. The van der Waals surface area contributed by atoms with Gasteiger partial charge in [0.2, 0.25) is 5.91 Å². The third-order valence-corrected chi connectivity index (χ3v) is 5.81. The number of carbonyl (C=O) groups is 1. The molecule has 1 amide bonds. The number of hydrogen-bond acceptors (Lipinski definition) is 3. The molecule has 1 aliphatic carbocycles. The molecule has 2 heterocycles. The lowest BCUT2D eigenvalue weighted by molar-refractivity contribution is -0.119. The van der Waals surface area contributed by atoms with Gasteiger partial charge in [-0.15, -0.1) is 11.3 Å². The molecule has 0 spiro atoms. The van der Waals surface area contributed by atoms with Crippen molar-refractivity contribution in [3.05, 3.63) is 50.6 Å². The number of rotatable bonds is 1. The average molecular weight is 375 g/mol. The third-order valence-electron chi connectivity index (χ3n) is 4.30. The van der Waals surface area contributed by atoms with Crippen LogP contribution in [0.2, 0.25) is 0 Å². The van der Waals surface area contributed by atoms with Gasteiger partial charge >= 0.3 is 0 Å². The summed E-state index contributed by atoms with van der Waals surface area (Å²) in [5.74, 6) is 0.366. The second-order valence-corrected chi connectivity index (χ2v) is 7.63. The summed E-state index contributed by atoms with van der Waals surface area (Å²) in [5, 5.41) is 8.46. The Kier molecular flexibility index (Phi) is 3.62. The Morgan fingerprint density at radius 1 is 1.23 bits per heavy atom. The number of thiophene rings is 1. The number of carbonyl (C=O) groups excluding carboxylic acids is 1. The Morgan fingerprint density at radius 3 is 2.86 bits per heavy atom. The Balaban J connectivity index is 1.79. The molecule has 4 rings (SSSR count). The van der Waals surface area contributed by atoms with Gasteiger partial charge < -0.3 is 0 Å². The lowest BCUT2D eigenvalue weighted by atomic mass is 9.91. The van der Waals surface area contributed by atoms with E-state index in [1.54, 1.807) is 16.3 Å². The van der Waals surface area contributed by atoms with E-state index in [1.807, 2.05) is 24.3 Å². The minimum absolute atomic E-state index is 0.0924. The second kappa shape index (κ2) is 5.63. The molecule has 22 heavy (non-hydrogen) atoms. The maximum absolute atomic E-state index is 12.5. The molecule has 1 aromatic carbocycles. The van der Waals surface area contributed by atoms with Gasteiger partial charge in [-0.1, -0.05) is 15.9 Å². The Hall–Kier alpha value is -1.46. The first-order chi connectivity index (χ1) is 10.7. The highest BCUT2D eigenvalue weighted by atomic mass is 79.9. The van der Waals surface area contributed by atoms with Crippen LogP contribution in [0.5, 0.6) is 0 Å². The van der Waals surface area contributed by atoms with Crippen LogP contribution in [-0.2, 0) is 11.2 Å². The molecule has 0 bridgehead atoms. The first kappa shape index (κ1) is 14.2. The predicted octanol–water partition coefficient (Wildman–Crippen LogP) is 4.60. The van der Waals surface area contributed by atoms with E-state index in [1.165, 1.54) is 10.4 Å². The van der Waals surface area contributed by atoms with Gasteiger partial charge in [0, 0.05) is 27.3 Å². The van der Waals surface area contributed by atoms with E-state index in [2.05, 4.69) is 27.4 Å². The molecule has 2 aromatic rings. The molecule has 0 N–H and O–H groups in total. The zero-order chi connectivity index (χ0) is 15.1. The number of nitrogens with zero attached hydrogens (tertiary/aromatic N) is 2. The monoisotopic (exact) mass is 374 g/mol. The summed E-state index contributed by atoms with van der Waals surface area (Å²) in [6.45, 7) is 0. The van der Waals surface area contributed by atoms with Gasteiger partial charge in [-0.2, -0.15) is 5.10 Å². The van der Waals surface area contributed by atoms with Gasteiger partial charge in [-0.25, -0.2) is 5.01 Å². The topological polar surface area (TPSA) is 32.7 Å². The lowest BCUT2D eigenvalue weighted by Gasteiger charge is -2.28. The van der Waals surface area contributed by atoms with Crippen molar-refractivity contribution < 1.29 is 4.79 Å². The maximum Gasteiger partial charge on any atom is 0.248 e. The SMILES string of the molecule is O=C1CC2CCCc3sccc3C2=NN1c1ccc(Br)cc1. The van der Waals surface area contributed by atoms with Crippen LogP contribution in [-0.4, -0.2) is 11.6 Å². The van der Waals surface area contributed by atoms with Crippen molar-refractivity contribution in [1.82, 2.24) is 0 Å². The van der Waals surface area contributed by atoms with Gasteiger partial charge in [-0.3, -0.25) is 4.79 Å². The second-order valence-electron chi connectivity index (χ2n) is 5.72. The Labute approximate surface area is 141 Å². The van der Waals surface area contributed by atoms with E-state index in [4.69, 9.17) is 5.10 Å². The molecule has 1 aromatic heterocycles. The largest absolute Gasteiger partial charge is 0.273 e. The molecule has 1 unspecified atom stereocenters. The fourth-order valence-corrected chi connectivity index (χ4v) is 4.40. The number of anilines is 1. The molecule has 1 atom stereocenters. The zero-order valence-corrected chi connectivity index (χ0v) is 14.4. The number of amides is 1. The van der Waals surface area contributed by atoms with Gasteiger partial charge in [0.05, 0.1) is 11.4 Å². The molecule has 0 saturated carbocycles. The summed E-state index contributed by atoms with van der Waals surface area (Å²) in [7, 11) is 0. The third kappa shape index (κ3) is 2.42. The van der Waals surface area contributed by atoms with Crippen molar-refractivity contribution in [2.75, 3.05) is 5.01 Å². The van der Waals surface area contributed by atoms with E-state index in [9.17, 15) is 4.79 Å². The zero-order valence-electron chi connectivity index (χ0n) is 12.0. The average Bonchev–Trinajstić information content (AvgIpc) is 2.91. The molecule has 3 nitrogen and oxygen atoms in total. The maximum atomic E-state index is 12.5. The molecular formula is C17H15BrN2OS. The van der Waals surface area contributed by atoms with Crippen LogP contribution in [0.1, 0.15) is 29.7 Å². The molecule has 0 saturated heterocycles. The summed E-state index contributed by atoms with van der Waals surface area (Å²) < 4.78 is 1.00. The molecular weight excluding hydrogens is 360 g/mol. The van der Waals surface area contributed by atoms with Crippen molar-refractivity contribution in [2.45, 2.75) is 25.7 Å². The number of hydrogen-bond donors (Lipinski definition) is 0. The number of hydrazone groups is 1. The Bertz CT molecular complexity index is 750. The first-order valence-corrected chi connectivity index (χ1v) is 9.13. The minimum Gasteiger partial charge on any atom is -0.273 e. The fraction of sp³-hybridized carbons (Fsp3) is 0.294. The molecule has 0 radical (unpaired) electrons. The molecule has 2 aliphatic rings. The van der Waals surface area contributed by atoms with E-state index in [0.717, 1.165) is 35.1 Å². The van der Waals surface area contributed by atoms with E-state index in [0.29, 0.717) is 6.42 Å². The number of aryl methyl sites for hydroxylation is 1. The van der Waals surface area contributed by atoms with Crippen LogP contribution < -0.4 is 5.01 Å². The molecule has 1 aliphatic heterocycles. The first-order valence-electron chi connectivity index (χ1n) is 7.46. The van der Waals surface area contributed by atoms with Gasteiger partial charge in [0.15, 0.2) is 0 Å². The minimum atomic E-state index is 0.0924. The van der Waals surface area contributed by atoms with E-state index in [-0.39, 0.29) is 11.8 Å². The van der Waals surface area contributed by atoms with Gasteiger partial charge in [-0.05, 0) is 55.0 Å². The van der Waals surface area contributed by atoms with Crippen molar-refractivity contribution in [1.29, 1.82) is 0 Å². The van der Waals surface area contributed by atoms with E-state index < -0.39 is 0 Å². The van der Waals surface area contributed by atoms with Gasteiger partial charge in [0.1, 0.15) is 0 Å². The Morgan fingerprint density at radius 2 is 2.05 bits per heavy atom. The normalized spacial score (nSPS) is 21.0. The highest BCUT2D eigenvalue weighted by Gasteiger charge is 2.33. The summed E-state index contributed by atoms with van der Waals surface area (Å²) in [6, 6.07) is 9.90. The van der Waals surface area contributed by atoms with Crippen molar-refractivity contribution in [3.8, 4) is 0 Å².